The van der Waals surface area contributed by atoms with Crippen LogP contribution in [0.5, 0.6) is 0 Å². The molecule has 2 nitrogen and oxygen atoms in total. The molecule has 0 saturated heterocycles. The van der Waals surface area contributed by atoms with E-state index in [1.54, 1.807) is 5.56 Å². The van der Waals surface area contributed by atoms with Gasteiger partial charge in [0.05, 0.1) is 11.0 Å². The maximum absolute atomic E-state index is 2.51. The summed E-state index contributed by atoms with van der Waals surface area (Å²) in [6, 6.07) is 74.3. The Morgan fingerprint density at radius 2 is 0.984 bits per heavy atom. The lowest BCUT2D eigenvalue weighted by atomic mass is 9.63. The molecule has 8 aromatic carbocycles. The smallest absolute Gasteiger partial charge is 0.0541 e. The summed E-state index contributed by atoms with van der Waals surface area (Å²) in [6.45, 7) is 2.51. The molecule has 296 valence electrons. The third-order valence-electron chi connectivity index (χ3n) is 14.8. The summed E-state index contributed by atoms with van der Waals surface area (Å²) >= 11 is 0. The van der Waals surface area contributed by atoms with E-state index in [1.165, 1.54) is 98.7 Å². The summed E-state index contributed by atoms with van der Waals surface area (Å²) in [4.78, 5) is 2.47. The van der Waals surface area contributed by atoms with Gasteiger partial charge in [0.1, 0.15) is 0 Å². The molecule has 3 unspecified atom stereocenters. The maximum atomic E-state index is 2.51. The highest BCUT2D eigenvalue weighted by atomic mass is 15.1. The van der Waals surface area contributed by atoms with Gasteiger partial charge in [0, 0.05) is 33.5 Å². The predicted octanol–water partition coefficient (Wildman–Crippen LogP) is 16.0. The summed E-state index contributed by atoms with van der Waals surface area (Å²) in [6.07, 6.45) is 6.98. The minimum Gasteiger partial charge on any atom is -0.310 e. The van der Waals surface area contributed by atoms with E-state index in [-0.39, 0.29) is 0 Å². The molecule has 0 radical (unpaired) electrons. The molecule has 1 heterocycles. The number of aromatic nitrogens is 1. The molecule has 3 aliphatic carbocycles. The van der Waals surface area contributed by atoms with Crippen LogP contribution >= 0.6 is 0 Å². The number of nitrogens with zero attached hydrogens (tertiary/aromatic N) is 2. The molecule has 0 aliphatic heterocycles. The monoisotopic (exact) mass is 786 g/mol. The summed E-state index contributed by atoms with van der Waals surface area (Å²) in [5, 5.41) is 2.56. The fourth-order valence-corrected chi connectivity index (χ4v) is 12.2. The second kappa shape index (κ2) is 14.5. The third kappa shape index (κ3) is 6.23. The molecule has 12 rings (SSSR count). The first-order valence-electron chi connectivity index (χ1n) is 22.4. The van der Waals surface area contributed by atoms with Crippen molar-refractivity contribution in [3.05, 3.63) is 206 Å². The highest BCUT2D eigenvalue weighted by Gasteiger charge is 2.57. The van der Waals surface area contributed by atoms with Gasteiger partial charge < -0.3 is 9.47 Å². The highest BCUT2D eigenvalue weighted by molar-refractivity contribution is 6.09. The van der Waals surface area contributed by atoms with Crippen molar-refractivity contribution in [2.45, 2.75) is 44.4 Å². The standard InChI is InChI=1S/C59H50N2/c1-40-31-47-33-48-38-59(37-40,39-56(47)48)49-25-29-51(30-26-49)60(53-35-45(41-13-4-2-5-14-41)32-46(36-53)42-15-6-3-7-16-42)50-27-23-43(24-28-50)44-17-12-18-52(34-44)61-57-21-10-8-19-54(57)55-20-9-11-22-58(55)61/h2-30,32,34-36,40,47-48,56H,31,33,37-39H2,1H3/t40-,47?,48?,56+,59?/m0/s1. The summed E-state index contributed by atoms with van der Waals surface area (Å²) in [5.41, 5.74) is 16.2. The Labute approximate surface area is 359 Å². The SMILES string of the molecule is C[C@H]1CC2CC3CC(c4ccc(N(c5ccc(-c6cccc(-n7c8ccccc8c8ccccc87)c6)cc5)c5cc(-c6ccccc6)cc(-c6ccccc6)c5)cc4)(C1)C[C@H]23. The molecule has 1 aromatic heterocycles. The second-order valence-corrected chi connectivity index (χ2v) is 18.5. The van der Waals surface area contributed by atoms with Crippen LogP contribution in [0.4, 0.5) is 17.1 Å². The number of fused-ring (bicyclic) bond motifs is 4. The molecule has 3 aliphatic rings. The van der Waals surface area contributed by atoms with Crippen LogP contribution in [0.25, 0.3) is 60.9 Å². The number of benzene rings is 8. The number of para-hydroxylation sites is 2. The van der Waals surface area contributed by atoms with Crippen LogP contribution in [0.2, 0.25) is 0 Å². The minimum absolute atomic E-state index is 0.326. The van der Waals surface area contributed by atoms with Crippen molar-refractivity contribution < 1.29 is 0 Å². The Kier molecular flexibility index (Phi) is 8.63. The van der Waals surface area contributed by atoms with Gasteiger partial charge in [0.2, 0.25) is 0 Å². The van der Waals surface area contributed by atoms with Gasteiger partial charge in [0.25, 0.3) is 0 Å². The number of anilines is 3. The topological polar surface area (TPSA) is 8.17 Å². The maximum Gasteiger partial charge on any atom is 0.0541 e. The van der Waals surface area contributed by atoms with Gasteiger partial charge in [-0.2, -0.15) is 0 Å². The molecular weight excluding hydrogens is 737 g/mol. The van der Waals surface area contributed by atoms with Gasteiger partial charge in [-0.25, -0.2) is 0 Å². The number of hydrogen-bond donors (Lipinski definition) is 0. The normalized spacial score (nSPS) is 21.6. The Balaban J connectivity index is 0.966. The zero-order valence-electron chi connectivity index (χ0n) is 34.8. The van der Waals surface area contributed by atoms with Crippen LogP contribution in [-0.2, 0) is 5.41 Å². The van der Waals surface area contributed by atoms with Crippen LogP contribution in [0.1, 0.15) is 44.6 Å². The van der Waals surface area contributed by atoms with Crippen molar-refractivity contribution in [3.63, 3.8) is 0 Å². The zero-order valence-corrected chi connectivity index (χ0v) is 34.8. The van der Waals surface area contributed by atoms with E-state index in [4.69, 9.17) is 0 Å². The van der Waals surface area contributed by atoms with E-state index in [2.05, 4.69) is 217 Å². The fraction of sp³-hybridized carbons (Fsp3) is 0.186. The van der Waals surface area contributed by atoms with Crippen LogP contribution in [0.15, 0.2) is 200 Å². The Morgan fingerprint density at radius 1 is 0.426 bits per heavy atom. The first kappa shape index (κ1) is 36.2. The van der Waals surface area contributed by atoms with Crippen LogP contribution < -0.4 is 4.90 Å². The Bertz CT molecular complexity index is 2920. The summed E-state index contributed by atoms with van der Waals surface area (Å²) in [5.74, 6) is 3.64. The lowest BCUT2D eigenvalue weighted by molar-refractivity contribution is 0.0780. The van der Waals surface area contributed by atoms with Gasteiger partial charge in [-0.1, -0.05) is 140 Å². The minimum atomic E-state index is 0.326. The largest absolute Gasteiger partial charge is 0.310 e. The summed E-state index contributed by atoms with van der Waals surface area (Å²) < 4.78 is 2.40. The predicted molar refractivity (Wildman–Crippen MR) is 256 cm³/mol. The van der Waals surface area contributed by atoms with Crippen LogP contribution in [0, 0.1) is 23.7 Å². The van der Waals surface area contributed by atoms with Crippen LogP contribution in [0.3, 0.4) is 0 Å². The number of rotatable bonds is 8. The Hall–Kier alpha value is -6.64. The quantitative estimate of drug-likeness (QED) is 0.149. The van der Waals surface area contributed by atoms with Gasteiger partial charge in [-0.05, 0) is 167 Å². The van der Waals surface area contributed by atoms with Crippen molar-refractivity contribution >= 4 is 38.9 Å². The molecule has 2 heteroatoms. The van der Waals surface area contributed by atoms with Crippen molar-refractivity contribution in [3.8, 4) is 39.1 Å². The average Bonchev–Trinajstić information content (AvgIpc) is 3.77. The van der Waals surface area contributed by atoms with Gasteiger partial charge in [-0.15, -0.1) is 0 Å². The molecule has 3 fully saturated rings. The summed E-state index contributed by atoms with van der Waals surface area (Å²) in [7, 11) is 0. The zero-order chi connectivity index (χ0) is 40.5. The van der Waals surface area contributed by atoms with Crippen molar-refractivity contribution in [1.82, 2.24) is 4.57 Å². The lowest BCUT2D eigenvalue weighted by Crippen LogP contribution is -2.34. The van der Waals surface area contributed by atoms with Gasteiger partial charge >= 0.3 is 0 Å². The second-order valence-electron chi connectivity index (χ2n) is 18.5. The third-order valence-corrected chi connectivity index (χ3v) is 14.8. The Morgan fingerprint density at radius 3 is 1.62 bits per heavy atom. The van der Waals surface area contributed by atoms with Crippen molar-refractivity contribution in [2.24, 2.45) is 23.7 Å². The van der Waals surface area contributed by atoms with Gasteiger partial charge in [-0.3, -0.25) is 0 Å². The van der Waals surface area contributed by atoms with E-state index < -0.39 is 0 Å². The van der Waals surface area contributed by atoms with E-state index in [1.807, 2.05) is 0 Å². The van der Waals surface area contributed by atoms with E-state index in [0.29, 0.717) is 5.41 Å². The molecule has 61 heavy (non-hydrogen) atoms. The first-order chi connectivity index (χ1) is 30.1. The molecule has 3 saturated carbocycles. The van der Waals surface area contributed by atoms with E-state index in [0.717, 1.165) is 35.0 Å². The van der Waals surface area contributed by atoms with E-state index in [9.17, 15) is 0 Å². The molecule has 2 bridgehead atoms. The molecule has 0 spiro atoms. The lowest BCUT2D eigenvalue weighted by Gasteiger charge is -2.42. The first-order valence-corrected chi connectivity index (χ1v) is 22.4. The highest BCUT2D eigenvalue weighted by Crippen LogP contribution is 2.65. The van der Waals surface area contributed by atoms with Crippen molar-refractivity contribution in [2.75, 3.05) is 4.90 Å². The molecule has 5 atom stereocenters. The molecule has 9 aromatic rings. The molecule has 0 N–H and O–H groups in total. The number of hydrogen-bond acceptors (Lipinski definition) is 1. The van der Waals surface area contributed by atoms with Crippen molar-refractivity contribution in [1.29, 1.82) is 0 Å². The van der Waals surface area contributed by atoms with Crippen LogP contribution in [-0.4, -0.2) is 4.57 Å². The van der Waals surface area contributed by atoms with E-state index >= 15 is 0 Å². The molecule has 0 amide bonds. The fourth-order valence-electron chi connectivity index (χ4n) is 12.2. The molecular formula is C59H50N2. The van der Waals surface area contributed by atoms with Gasteiger partial charge in [0.15, 0.2) is 0 Å². The average molecular weight is 787 g/mol.